The molecule has 4 aromatic carbocycles. The van der Waals surface area contributed by atoms with Gasteiger partial charge in [-0.05, 0) is 92.1 Å². The van der Waals surface area contributed by atoms with Crippen molar-refractivity contribution >= 4 is 66.8 Å². The van der Waals surface area contributed by atoms with Crippen molar-refractivity contribution in [2.24, 2.45) is 4.99 Å². The molecule has 13 nitrogen and oxygen atoms in total. The van der Waals surface area contributed by atoms with Crippen molar-refractivity contribution in [1.82, 2.24) is 35.1 Å². The fourth-order valence-electron chi connectivity index (χ4n) is 9.02. The molecule has 0 aliphatic carbocycles. The number of H-pyrrole nitrogens is 2. The Kier molecular flexibility index (Phi) is 11.8. The van der Waals surface area contributed by atoms with Crippen LogP contribution >= 0.6 is 11.3 Å². The van der Waals surface area contributed by atoms with E-state index in [0.29, 0.717) is 18.7 Å². The first-order valence-corrected chi connectivity index (χ1v) is 22.5. The molecule has 3 amide bonds. The van der Waals surface area contributed by atoms with Crippen LogP contribution in [-0.4, -0.2) is 92.8 Å². The first kappa shape index (κ1) is 41.9. The maximum atomic E-state index is 14.1. The second-order valence-electron chi connectivity index (χ2n) is 16.5. The Labute approximate surface area is 369 Å². The summed E-state index contributed by atoms with van der Waals surface area (Å²) in [6.45, 7) is 7.13. The van der Waals surface area contributed by atoms with Gasteiger partial charge in [0.05, 0.1) is 48.2 Å². The number of carbonyl (C=O) groups is 3. The topological polar surface area (TPSA) is 158 Å². The monoisotopic (exact) mass is 864 g/mol. The van der Waals surface area contributed by atoms with Crippen LogP contribution in [0.4, 0.5) is 4.79 Å². The standard InChI is InChI=1S/C49H52N8O5S/c1-6-28(2)51-42(29(3)61-4)47(58)56-22-10-14-38(56)45-50-27-37(53-45)32-16-17-34-26-41(63-40(34)25-32)33-18-20-35-31(24-33)19-21-36-44(35)54-46(52-36)39-15-11-23-57(39)48(59)43(55-49(60)62-5)30-12-8-7-9-13-30/h7-9,12-13,16-21,24-27,29,38-39,42-43H,6,10-11,14-15,22-23H2,1-5H3,(H,50,53)(H,52,54)(H,55,60). The molecule has 2 aliphatic heterocycles. The van der Waals surface area contributed by atoms with Gasteiger partial charge in [-0.3, -0.25) is 14.6 Å². The molecule has 5 atom stereocenters. The number of nitrogens with one attached hydrogen (secondary N) is 3. The highest BCUT2D eigenvalue weighted by Crippen LogP contribution is 2.40. The Hall–Kier alpha value is -6.38. The van der Waals surface area contributed by atoms with Crippen molar-refractivity contribution < 1.29 is 23.9 Å². The van der Waals surface area contributed by atoms with Crippen LogP contribution in [0.5, 0.6) is 0 Å². The number of fused-ring (bicyclic) bond motifs is 4. The molecule has 14 heteroatoms. The zero-order valence-corrected chi connectivity index (χ0v) is 37.0. The van der Waals surface area contributed by atoms with Crippen LogP contribution in [0.25, 0.3) is 53.6 Å². The summed E-state index contributed by atoms with van der Waals surface area (Å²) in [6, 6.07) is 26.7. The summed E-state index contributed by atoms with van der Waals surface area (Å²) in [5, 5.41) is 6.00. The van der Waals surface area contributed by atoms with Crippen LogP contribution in [-0.2, 0) is 19.1 Å². The predicted octanol–water partition coefficient (Wildman–Crippen LogP) is 9.69. The average molecular weight is 865 g/mol. The van der Waals surface area contributed by atoms with Gasteiger partial charge < -0.3 is 34.6 Å². The second-order valence-corrected chi connectivity index (χ2v) is 17.6. The summed E-state index contributed by atoms with van der Waals surface area (Å²) < 4.78 is 11.6. The molecule has 0 radical (unpaired) electrons. The summed E-state index contributed by atoms with van der Waals surface area (Å²) in [7, 11) is 2.92. The number of benzene rings is 4. The fourth-order valence-corrected chi connectivity index (χ4v) is 10.1. The van der Waals surface area contributed by atoms with Crippen LogP contribution in [0.15, 0.2) is 96.1 Å². The first-order valence-electron chi connectivity index (χ1n) is 21.7. The number of rotatable bonds is 12. The number of ether oxygens (including phenoxy) is 2. The minimum Gasteiger partial charge on any atom is -0.453 e. The second kappa shape index (κ2) is 17.8. The van der Waals surface area contributed by atoms with Gasteiger partial charge in [0.1, 0.15) is 17.7 Å². The van der Waals surface area contributed by atoms with Crippen LogP contribution in [0, 0.1) is 0 Å². The molecule has 5 unspecified atom stereocenters. The molecule has 3 aromatic heterocycles. The predicted molar refractivity (Wildman–Crippen MR) is 248 cm³/mol. The third-order valence-corrected chi connectivity index (χ3v) is 13.8. The van der Waals surface area contributed by atoms with Crippen LogP contribution in [0.1, 0.15) is 88.2 Å². The van der Waals surface area contributed by atoms with Gasteiger partial charge in [0.15, 0.2) is 6.04 Å². The van der Waals surface area contributed by atoms with E-state index >= 15 is 0 Å². The number of imidazole rings is 2. The normalized spacial score (nSPS) is 18.3. The number of likely N-dealkylation sites (tertiary alicyclic amines) is 2. The Morgan fingerprint density at radius 2 is 1.60 bits per heavy atom. The van der Waals surface area contributed by atoms with Crippen molar-refractivity contribution in [3.05, 3.63) is 108 Å². The molecule has 2 saturated heterocycles. The van der Waals surface area contributed by atoms with Gasteiger partial charge in [-0.25, -0.2) is 14.8 Å². The summed E-state index contributed by atoms with van der Waals surface area (Å²) in [5.74, 6) is 1.30. The molecule has 5 heterocycles. The largest absolute Gasteiger partial charge is 0.453 e. The van der Waals surface area contributed by atoms with Gasteiger partial charge in [-0.15, -0.1) is 11.3 Å². The van der Waals surface area contributed by atoms with E-state index in [2.05, 4.69) is 69.9 Å². The lowest BCUT2D eigenvalue weighted by Crippen LogP contribution is -2.44. The summed E-state index contributed by atoms with van der Waals surface area (Å²) in [6.07, 6.45) is 4.97. The van der Waals surface area contributed by atoms with E-state index in [9.17, 15) is 14.4 Å². The molecule has 3 N–H and O–H groups in total. The molecule has 2 fully saturated rings. The van der Waals surface area contributed by atoms with Crippen molar-refractivity contribution in [3.63, 3.8) is 0 Å². The molecule has 324 valence electrons. The number of nitrogens with zero attached hydrogens (tertiary/aromatic N) is 5. The number of aromatic amines is 2. The van der Waals surface area contributed by atoms with Gasteiger partial charge in [0, 0.05) is 46.4 Å². The van der Waals surface area contributed by atoms with E-state index < -0.39 is 18.2 Å². The van der Waals surface area contributed by atoms with E-state index in [1.54, 1.807) is 18.4 Å². The molecule has 63 heavy (non-hydrogen) atoms. The molecule has 0 saturated carbocycles. The van der Waals surface area contributed by atoms with E-state index in [1.165, 1.54) is 7.11 Å². The minimum atomic E-state index is -0.882. The van der Waals surface area contributed by atoms with Crippen molar-refractivity contribution in [2.45, 2.75) is 83.1 Å². The molecular formula is C49H52N8O5S. The van der Waals surface area contributed by atoms with E-state index in [1.807, 2.05) is 67.1 Å². The number of carbonyl (C=O) groups excluding carboxylic acids is 3. The summed E-state index contributed by atoms with van der Waals surface area (Å²) in [4.78, 5) is 67.0. The van der Waals surface area contributed by atoms with Gasteiger partial charge >= 0.3 is 6.09 Å². The third-order valence-electron chi connectivity index (χ3n) is 12.7. The highest BCUT2D eigenvalue weighted by Gasteiger charge is 2.39. The van der Waals surface area contributed by atoms with Crippen LogP contribution in [0.2, 0.25) is 0 Å². The van der Waals surface area contributed by atoms with Crippen molar-refractivity contribution in [3.8, 4) is 21.7 Å². The Morgan fingerprint density at radius 3 is 2.35 bits per heavy atom. The van der Waals surface area contributed by atoms with Crippen LogP contribution in [0.3, 0.4) is 0 Å². The minimum absolute atomic E-state index is 0.0219. The number of hydrogen-bond donors (Lipinski definition) is 3. The van der Waals surface area contributed by atoms with Gasteiger partial charge in [-0.2, -0.15) is 0 Å². The highest BCUT2D eigenvalue weighted by molar-refractivity contribution is 7.22. The van der Waals surface area contributed by atoms with Crippen molar-refractivity contribution in [1.29, 1.82) is 0 Å². The maximum absolute atomic E-state index is 14.1. The van der Waals surface area contributed by atoms with Crippen molar-refractivity contribution in [2.75, 3.05) is 27.3 Å². The zero-order chi connectivity index (χ0) is 43.8. The van der Waals surface area contributed by atoms with Crippen LogP contribution < -0.4 is 5.32 Å². The Bertz CT molecular complexity index is 2850. The van der Waals surface area contributed by atoms with Gasteiger partial charge in [-0.1, -0.05) is 67.6 Å². The molecule has 7 aromatic rings. The summed E-state index contributed by atoms with van der Waals surface area (Å²) >= 11 is 1.75. The lowest BCUT2D eigenvalue weighted by Gasteiger charge is -2.29. The number of aromatic nitrogens is 4. The SMILES string of the molecule is CCC(C)=NC(C(=O)N1CCCC1c1ncc(-c2ccc3cc(-c4ccc5c(ccc6[nH]c(C7CCCN7C(=O)C(NC(=O)OC)c7ccccc7)nc65)c4)sc3c2)[nH]1)C(C)OC. The average Bonchev–Trinajstić information content (AvgIpc) is 4.18. The number of amides is 3. The molecule has 0 spiro atoms. The number of alkyl carbamates (subject to hydrolysis) is 1. The fraction of sp³-hybridized carbons (Fsp3) is 0.347. The number of aliphatic imine (C=N–C) groups is 1. The molecule has 9 rings (SSSR count). The molecular weight excluding hydrogens is 813 g/mol. The lowest BCUT2D eigenvalue weighted by molar-refractivity contribution is -0.136. The third kappa shape index (κ3) is 8.20. The number of hydrogen-bond acceptors (Lipinski definition) is 9. The quantitative estimate of drug-likeness (QED) is 0.103. The smallest absolute Gasteiger partial charge is 0.407 e. The zero-order valence-electron chi connectivity index (χ0n) is 36.2. The summed E-state index contributed by atoms with van der Waals surface area (Å²) in [5.41, 5.74) is 6.44. The molecule has 0 bridgehead atoms. The molecule has 2 aliphatic rings. The Morgan fingerprint density at radius 1 is 0.873 bits per heavy atom. The highest BCUT2D eigenvalue weighted by atomic mass is 32.1. The Balaban J connectivity index is 0.940. The van der Waals surface area contributed by atoms with Gasteiger partial charge in [0.25, 0.3) is 11.8 Å². The lowest BCUT2D eigenvalue weighted by atomic mass is 10.0. The number of methoxy groups -OCH3 is 2. The van der Waals surface area contributed by atoms with Gasteiger partial charge in [0.2, 0.25) is 0 Å². The van der Waals surface area contributed by atoms with E-state index in [-0.39, 0.29) is 30.0 Å². The van der Waals surface area contributed by atoms with E-state index in [4.69, 9.17) is 24.4 Å². The van der Waals surface area contributed by atoms with E-state index in [0.717, 1.165) is 103 Å². The first-order chi connectivity index (χ1) is 30.6. The maximum Gasteiger partial charge on any atom is 0.407 e. The number of thiophene rings is 1.